The Kier molecular flexibility index (Phi) is 4.08. The van der Waals surface area contributed by atoms with Crippen LogP contribution in [0.4, 0.5) is 4.79 Å². The van der Waals surface area contributed by atoms with Crippen LogP contribution < -0.4 is 10.0 Å². The summed E-state index contributed by atoms with van der Waals surface area (Å²) in [5, 5.41) is 2.07. The third-order valence-electron chi connectivity index (χ3n) is 3.96. The van der Waals surface area contributed by atoms with Crippen LogP contribution in [0.3, 0.4) is 0 Å². The Bertz CT molecular complexity index is 607. The van der Waals surface area contributed by atoms with E-state index >= 15 is 0 Å². The lowest BCUT2D eigenvalue weighted by Crippen LogP contribution is -2.46. The van der Waals surface area contributed by atoms with E-state index in [1.54, 1.807) is 11.8 Å². The van der Waals surface area contributed by atoms with E-state index in [-0.39, 0.29) is 34.9 Å². The minimum absolute atomic E-state index is 0.00844. The Morgan fingerprint density at radius 1 is 1.45 bits per heavy atom. The molecule has 0 aliphatic carbocycles. The van der Waals surface area contributed by atoms with E-state index in [0.717, 1.165) is 6.08 Å². The van der Waals surface area contributed by atoms with Crippen LogP contribution in [-0.2, 0) is 24.3 Å². The number of hydrogen-bond donors (Lipinski definition) is 2. The number of amides is 1. The smallest absolute Gasteiger partial charge is 0.407 e. The molecule has 0 radical (unpaired) electrons. The van der Waals surface area contributed by atoms with Gasteiger partial charge in [-0.1, -0.05) is 6.58 Å². The van der Waals surface area contributed by atoms with Gasteiger partial charge in [0.15, 0.2) is 0 Å². The molecule has 0 spiro atoms. The molecule has 10 heteroatoms. The normalized spacial score (nSPS) is 36.8. The lowest BCUT2D eigenvalue weighted by molar-refractivity contribution is -0.137. The topological polar surface area (TPSA) is 111 Å². The largest absolute Gasteiger partial charge is 0.461 e. The zero-order valence-electron chi connectivity index (χ0n) is 11.6. The molecule has 5 atom stereocenters. The number of carbonyl (C=O) groups is 2. The van der Waals surface area contributed by atoms with Gasteiger partial charge in [0, 0.05) is 16.6 Å². The highest BCUT2D eigenvalue weighted by Crippen LogP contribution is 2.53. The third kappa shape index (κ3) is 2.70. The summed E-state index contributed by atoms with van der Waals surface area (Å²) in [4.78, 5) is 22.6. The van der Waals surface area contributed by atoms with Gasteiger partial charge >= 0.3 is 12.1 Å². The van der Waals surface area contributed by atoms with Gasteiger partial charge in [0.2, 0.25) is 10.0 Å². The molecule has 3 fully saturated rings. The first-order valence-corrected chi connectivity index (χ1v) is 9.31. The van der Waals surface area contributed by atoms with E-state index in [1.807, 2.05) is 0 Å². The van der Waals surface area contributed by atoms with Crippen molar-refractivity contribution in [3.63, 3.8) is 0 Å². The van der Waals surface area contributed by atoms with Gasteiger partial charge in [-0.05, 0) is 6.42 Å². The monoisotopic (exact) mass is 348 g/mol. The zero-order chi connectivity index (χ0) is 15.9. The average molecular weight is 348 g/mol. The molecule has 22 heavy (non-hydrogen) atoms. The molecule has 3 aliphatic rings. The van der Waals surface area contributed by atoms with Crippen molar-refractivity contribution in [3.8, 4) is 0 Å². The van der Waals surface area contributed by atoms with Gasteiger partial charge in [0.1, 0.15) is 12.7 Å². The van der Waals surface area contributed by atoms with Crippen molar-refractivity contribution < 1.29 is 27.5 Å². The number of thioether (sulfide) groups is 1. The summed E-state index contributed by atoms with van der Waals surface area (Å²) in [5.74, 6) is -0.564. The van der Waals surface area contributed by atoms with E-state index in [0.29, 0.717) is 6.42 Å². The second kappa shape index (κ2) is 5.74. The maximum absolute atomic E-state index is 11.9. The fraction of sp³-hybridized carbons (Fsp3) is 0.667. The number of carbonyl (C=O) groups excluding carboxylic acids is 2. The summed E-state index contributed by atoms with van der Waals surface area (Å²) in [5.41, 5.74) is 0. The predicted octanol–water partition coefficient (Wildman–Crippen LogP) is -0.632. The van der Waals surface area contributed by atoms with E-state index in [4.69, 9.17) is 9.47 Å². The van der Waals surface area contributed by atoms with Gasteiger partial charge in [-0.2, -0.15) is 0 Å². The summed E-state index contributed by atoms with van der Waals surface area (Å²) in [6.07, 6.45) is 0.443. The van der Waals surface area contributed by atoms with E-state index in [2.05, 4.69) is 16.6 Å². The van der Waals surface area contributed by atoms with Crippen molar-refractivity contribution in [3.05, 3.63) is 12.7 Å². The molecular weight excluding hydrogens is 332 g/mol. The van der Waals surface area contributed by atoms with Crippen LogP contribution in [0.5, 0.6) is 0 Å². The number of fused-ring (bicyclic) bond motifs is 1. The number of hydrogen-bond acceptors (Lipinski definition) is 7. The maximum Gasteiger partial charge on any atom is 0.407 e. The highest BCUT2D eigenvalue weighted by molar-refractivity contribution is 8.03. The quantitative estimate of drug-likeness (QED) is 0.386. The molecule has 1 amide bonds. The van der Waals surface area contributed by atoms with Crippen molar-refractivity contribution in [2.24, 2.45) is 0 Å². The van der Waals surface area contributed by atoms with Crippen LogP contribution in [0.2, 0.25) is 0 Å². The number of ether oxygens (including phenoxy) is 2. The molecule has 3 rings (SSSR count). The Labute approximate surface area is 132 Å². The second-order valence-electron chi connectivity index (χ2n) is 5.27. The van der Waals surface area contributed by atoms with E-state index in [9.17, 15) is 18.0 Å². The molecule has 0 aromatic heterocycles. The molecule has 8 nitrogen and oxygen atoms in total. The number of alkyl carbamates (subject to hydrolysis) is 1. The van der Waals surface area contributed by atoms with Crippen LogP contribution >= 0.6 is 11.8 Å². The first-order valence-electron chi connectivity index (χ1n) is 6.82. The Hall–Kier alpha value is -1.26. The first kappa shape index (κ1) is 15.6. The van der Waals surface area contributed by atoms with Crippen molar-refractivity contribution in [1.29, 1.82) is 0 Å². The van der Waals surface area contributed by atoms with Gasteiger partial charge in [-0.15, -0.1) is 11.8 Å². The molecule has 5 unspecified atom stereocenters. The highest BCUT2D eigenvalue weighted by atomic mass is 32.2. The highest BCUT2D eigenvalue weighted by Gasteiger charge is 2.64. The van der Waals surface area contributed by atoms with Gasteiger partial charge in [-0.3, -0.25) is 0 Å². The second-order valence-corrected chi connectivity index (χ2v) is 8.62. The fourth-order valence-electron chi connectivity index (χ4n) is 3.05. The molecule has 0 saturated carbocycles. The maximum atomic E-state index is 11.9. The van der Waals surface area contributed by atoms with Gasteiger partial charge in [0.05, 0.1) is 17.8 Å². The summed E-state index contributed by atoms with van der Waals surface area (Å²) >= 11 is 1.57. The number of esters is 1. The minimum atomic E-state index is -3.28. The molecule has 3 heterocycles. The van der Waals surface area contributed by atoms with Crippen LogP contribution in [0.25, 0.3) is 0 Å². The molecular formula is C12H16N2O6S2. The SMILES string of the molecule is C=CC(=O)OCCNC(=O)OC1C2CC3C(S2)C1NS3(=O)=O. The lowest BCUT2D eigenvalue weighted by atomic mass is 9.93. The zero-order valence-corrected chi connectivity index (χ0v) is 13.2. The summed E-state index contributed by atoms with van der Waals surface area (Å²) in [7, 11) is -3.28. The van der Waals surface area contributed by atoms with Gasteiger partial charge in [0.25, 0.3) is 0 Å². The van der Waals surface area contributed by atoms with Crippen molar-refractivity contribution in [2.75, 3.05) is 13.2 Å². The summed E-state index contributed by atoms with van der Waals surface area (Å²) in [6, 6.07) is -0.344. The Balaban J connectivity index is 1.47. The fourth-order valence-corrected chi connectivity index (χ4v) is 7.48. The third-order valence-corrected chi connectivity index (χ3v) is 7.76. The van der Waals surface area contributed by atoms with Gasteiger partial charge in [-0.25, -0.2) is 22.7 Å². The molecule has 2 bridgehead atoms. The minimum Gasteiger partial charge on any atom is -0.461 e. The summed E-state index contributed by atoms with van der Waals surface area (Å²) < 4.78 is 36.4. The molecule has 3 saturated heterocycles. The van der Waals surface area contributed by atoms with Crippen LogP contribution in [0.1, 0.15) is 6.42 Å². The van der Waals surface area contributed by atoms with Crippen LogP contribution in [0.15, 0.2) is 12.7 Å². The first-order chi connectivity index (χ1) is 10.4. The number of rotatable bonds is 5. The Morgan fingerprint density at radius 3 is 2.95 bits per heavy atom. The van der Waals surface area contributed by atoms with Crippen LogP contribution in [0, 0.1) is 0 Å². The Morgan fingerprint density at radius 2 is 2.23 bits per heavy atom. The van der Waals surface area contributed by atoms with Crippen molar-refractivity contribution in [2.45, 2.75) is 34.3 Å². The van der Waals surface area contributed by atoms with Crippen LogP contribution in [-0.4, -0.2) is 61.5 Å². The lowest BCUT2D eigenvalue weighted by Gasteiger charge is -2.24. The molecule has 3 aliphatic heterocycles. The molecule has 122 valence electrons. The van der Waals surface area contributed by atoms with Crippen molar-refractivity contribution in [1.82, 2.24) is 10.0 Å². The molecule has 2 N–H and O–H groups in total. The van der Waals surface area contributed by atoms with E-state index in [1.165, 1.54) is 0 Å². The van der Waals surface area contributed by atoms with Crippen molar-refractivity contribution >= 4 is 33.8 Å². The average Bonchev–Trinajstić information content (AvgIpc) is 3.07. The number of sulfonamides is 1. The van der Waals surface area contributed by atoms with Gasteiger partial charge < -0.3 is 14.8 Å². The number of nitrogens with one attached hydrogen (secondary N) is 2. The summed E-state index contributed by atoms with van der Waals surface area (Å²) in [6.45, 7) is 3.39. The molecule has 0 aromatic carbocycles. The molecule has 0 aromatic rings. The van der Waals surface area contributed by atoms with E-state index < -0.39 is 28.2 Å². The standard InChI is InChI=1S/C12H16N2O6S2/c1-2-8(15)19-4-3-13-12(16)20-10-6-5-7-11(21-6)9(10)14-22(7,17)18/h2,6-7,9-11,14H,1,3-5H2,(H,13,16). The predicted molar refractivity (Wildman–Crippen MR) is 78.8 cm³/mol.